The summed E-state index contributed by atoms with van der Waals surface area (Å²) in [5.41, 5.74) is 1.92. The molecule has 3 rings (SSSR count). The molecule has 0 radical (unpaired) electrons. The van der Waals surface area contributed by atoms with Crippen molar-refractivity contribution in [2.24, 2.45) is 0 Å². The van der Waals surface area contributed by atoms with Crippen molar-refractivity contribution in [2.45, 2.75) is 6.54 Å². The van der Waals surface area contributed by atoms with Gasteiger partial charge < -0.3 is 9.88 Å². The summed E-state index contributed by atoms with van der Waals surface area (Å²) in [7, 11) is 0. The van der Waals surface area contributed by atoms with Gasteiger partial charge in [0.1, 0.15) is 0 Å². The Morgan fingerprint density at radius 1 is 1.12 bits per heavy atom. The third-order valence-electron chi connectivity index (χ3n) is 3.71. The van der Waals surface area contributed by atoms with Crippen molar-refractivity contribution in [1.29, 1.82) is 0 Å². The van der Waals surface area contributed by atoms with Gasteiger partial charge in [-0.3, -0.25) is 4.79 Å². The molecule has 0 atom stereocenters. The lowest BCUT2D eigenvalue weighted by atomic mass is 10.2. The number of carbonyl (C=O) groups is 1. The molecule has 0 fully saturated rings. The van der Waals surface area contributed by atoms with Crippen LogP contribution in [-0.2, 0) is 11.3 Å². The van der Waals surface area contributed by atoms with Crippen LogP contribution < -0.4 is 5.32 Å². The van der Waals surface area contributed by atoms with E-state index in [1.165, 1.54) is 11.5 Å². The van der Waals surface area contributed by atoms with Gasteiger partial charge in [-0.1, -0.05) is 47.5 Å². The summed E-state index contributed by atoms with van der Waals surface area (Å²) >= 11 is 11.9. The Morgan fingerprint density at radius 3 is 2.79 bits per heavy atom. The molecule has 1 N–H and O–H groups in total. The van der Waals surface area contributed by atoms with Gasteiger partial charge in [-0.05, 0) is 41.3 Å². The van der Waals surface area contributed by atoms with Gasteiger partial charge in [0.25, 0.3) is 0 Å². The van der Waals surface area contributed by atoms with Crippen molar-refractivity contribution in [3.63, 3.8) is 0 Å². The summed E-state index contributed by atoms with van der Waals surface area (Å²) in [6, 6.07) is 15.4. The first-order valence-corrected chi connectivity index (χ1v) is 8.34. The summed E-state index contributed by atoms with van der Waals surface area (Å²) in [6.45, 7) is 1.27. The molecule has 122 valence electrons. The highest BCUT2D eigenvalue weighted by atomic mass is 35.5. The fourth-order valence-electron chi connectivity index (χ4n) is 2.50. The third kappa shape index (κ3) is 3.99. The molecule has 2 aromatic carbocycles. The molecule has 3 nitrogen and oxygen atoms in total. The number of nitrogens with zero attached hydrogens (tertiary/aromatic N) is 1. The van der Waals surface area contributed by atoms with Crippen LogP contribution in [0.2, 0.25) is 10.0 Å². The molecule has 0 bridgehead atoms. The van der Waals surface area contributed by atoms with Gasteiger partial charge in [0.05, 0.1) is 0 Å². The summed E-state index contributed by atoms with van der Waals surface area (Å²) in [5.74, 6) is -0.155. The SMILES string of the molecule is O=C(/C=C/c1ccc(Cl)cc1Cl)NCCn1ccc2ccccc21. The maximum absolute atomic E-state index is 11.9. The fourth-order valence-corrected chi connectivity index (χ4v) is 2.97. The molecular formula is C19H16Cl2N2O. The smallest absolute Gasteiger partial charge is 0.244 e. The van der Waals surface area contributed by atoms with Crippen LogP contribution in [0, 0.1) is 0 Å². The van der Waals surface area contributed by atoms with E-state index in [0.29, 0.717) is 16.6 Å². The van der Waals surface area contributed by atoms with Crippen LogP contribution >= 0.6 is 23.2 Å². The fraction of sp³-hybridized carbons (Fsp3) is 0.105. The van der Waals surface area contributed by atoms with Crippen molar-refractivity contribution in [3.8, 4) is 0 Å². The van der Waals surface area contributed by atoms with Gasteiger partial charge in [-0.2, -0.15) is 0 Å². The van der Waals surface area contributed by atoms with Gasteiger partial charge in [0.2, 0.25) is 5.91 Å². The standard InChI is InChI=1S/C19H16Cl2N2O/c20-16-7-5-14(17(21)13-16)6-8-19(24)22-10-12-23-11-9-15-3-1-2-4-18(15)23/h1-9,11,13H,10,12H2,(H,22,24)/b8-6+. The van der Waals surface area contributed by atoms with Gasteiger partial charge in [-0.25, -0.2) is 0 Å². The van der Waals surface area contributed by atoms with Crippen LogP contribution in [0.1, 0.15) is 5.56 Å². The predicted molar refractivity (Wildman–Crippen MR) is 100 cm³/mol. The number of halogens is 2. The maximum Gasteiger partial charge on any atom is 0.244 e. The first-order valence-electron chi connectivity index (χ1n) is 7.58. The molecule has 0 aliphatic rings. The molecule has 0 aliphatic carbocycles. The Kier molecular flexibility index (Phi) is 5.24. The molecule has 1 heterocycles. The van der Waals surface area contributed by atoms with E-state index >= 15 is 0 Å². The van der Waals surface area contributed by atoms with E-state index in [1.54, 1.807) is 24.3 Å². The molecule has 0 aliphatic heterocycles. The normalized spacial score (nSPS) is 11.2. The largest absolute Gasteiger partial charge is 0.351 e. The Morgan fingerprint density at radius 2 is 1.96 bits per heavy atom. The molecule has 24 heavy (non-hydrogen) atoms. The lowest BCUT2D eigenvalue weighted by Crippen LogP contribution is -2.25. The second kappa shape index (κ2) is 7.56. The minimum Gasteiger partial charge on any atom is -0.351 e. The highest BCUT2D eigenvalue weighted by Gasteiger charge is 2.02. The average Bonchev–Trinajstić information content (AvgIpc) is 2.97. The van der Waals surface area contributed by atoms with Crippen molar-refractivity contribution in [1.82, 2.24) is 9.88 Å². The Bertz CT molecular complexity index is 899. The first kappa shape index (κ1) is 16.6. The number of benzene rings is 2. The molecule has 0 saturated heterocycles. The summed E-state index contributed by atoms with van der Waals surface area (Å²) in [5, 5.41) is 5.16. The van der Waals surface area contributed by atoms with Crippen molar-refractivity contribution in [2.75, 3.05) is 6.54 Å². The first-order chi connectivity index (χ1) is 11.6. The lowest BCUT2D eigenvalue weighted by Gasteiger charge is -2.06. The monoisotopic (exact) mass is 358 g/mol. The number of fused-ring (bicyclic) bond motifs is 1. The molecule has 3 aromatic rings. The lowest BCUT2D eigenvalue weighted by molar-refractivity contribution is -0.116. The number of hydrogen-bond donors (Lipinski definition) is 1. The highest BCUT2D eigenvalue weighted by molar-refractivity contribution is 6.35. The summed E-state index contributed by atoms with van der Waals surface area (Å²) in [6.07, 6.45) is 5.18. The van der Waals surface area contributed by atoms with E-state index in [1.807, 2.05) is 18.3 Å². The minimum atomic E-state index is -0.155. The highest BCUT2D eigenvalue weighted by Crippen LogP contribution is 2.21. The van der Waals surface area contributed by atoms with E-state index in [2.05, 4.69) is 28.1 Å². The van der Waals surface area contributed by atoms with E-state index < -0.39 is 0 Å². The van der Waals surface area contributed by atoms with Gasteiger partial charge in [0, 0.05) is 40.9 Å². The van der Waals surface area contributed by atoms with Crippen LogP contribution in [0.15, 0.2) is 60.8 Å². The zero-order valence-corrected chi connectivity index (χ0v) is 14.4. The zero-order chi connectivity index (χ0) is 16.9. The Balaban J connectivity index is 1.55. The molecule has 1 aromatic heterocycles. The topological polar surface area (TPSA) is 34.0 Å². The van der Waals surface area contributed by atoms with Crippen molar-refractivity contribution < 1.29 is 4.79 Å². The molecule has 0 saturated carbocycles. The van der Waals surface area contributed by atoms with Crippen LogP contribution in [-0.4, -0.2) is 17.0 Å². The van der Waals surface area contributed by atoms with E-state index in [-0.39, 0.29) is 5.91 Å². The number of carbonyl (C=O) groups excluding carboxylic acids is 1. The van der Waals surface area contributed by atoms with E-state index in [9.17, 15) is 4.79 Å². The summed E-state index contributed by atoms with van der Waals surface area (Å²) in [4.78, 5) is 11.9. The molecule has 5 heteroatoms. The molecule has 0 spiro atoms. The third-order valence-corrected chi connectivity index (χ3v) is 4.27. The van der Waals surface area contributed by atoms with E-state index in [0.717, 1.165) is 17.6 Å². The average molecular weight is 359 g/mol. The van der Waals surface area contributed by atoms with Crippen LogP contribution in [0.25, 0.3) is 17.0 Å². The van der Waals surface area contributed by atoms with Gasteiger partial charge in [0.15, 0.2) is 0 Å². The van der Waals surface area contributed by atoms with Crippen LogP contribution in [0.3, 0.4) is 0 Å². The number of amides is 1. The van der Waals surface area contributed by atoms with Crippen LogP contribution in [0.4, 0.5) is 0 Å². The molecule has 0 unspecified atom stereocenters. The van der Waals surface area contributed by atoms with Crippen molar-refractivity contribution in [3.05, 3.63) is 76.4 Å². The van der Waals surface area contributed by atoms with Crippen LogP contribution in [0.5, 0.6) is 0 Å². The number of rotatable bonds is 5. The Hall–Kier alpha value is -2.23. The predicted octanol–water partition coefficient (Wildman–Crippen LogP) is 4.78. The second-order valence-electron chi connectivity index (χ2n) is 5.36. The van der Waals surface area contributed by atoms with E-state index in [4.69, 9.17) is 23.2 Å². The maximum atomic E-state index is 11.9. The number of aromatic nitrogens is 1. The number of nitrogens with one attached hydrogen (secondary N) is 1. The second-order valence-corrected chi connectivity index (χ2v) is 6.20. The van der Waals surface area contributed by atoms with Crippen molar-refractivity contribution >= 4 is 46.1 Å². The minimum absolute atomic E-state index is 0.155. The molecule has 1 amide bonds. The number of hydrogen-bond acceptors (Lipinski definition) is 1. The zero-order valence-electron chi connectivity index (χ0n) is 12.9. The summed E-state index contributed by atoms with van der Waals surface area (Å²) < 4.78 is 2.12. The van der Waals surface area contributed by atoms with Gasteiger partial charge >= 0.3 is 0 Å². The van der Waals surface area contributed by atoms with Gasteiger partial charge in [-0.15, -0.1) is 0 Å². The molecular weight excluding hydrogens is 343 g/mol. The quantitative estimate of drug-likeness (QED) is 0.654. The number of para-hydroxylation sites is 1. The Labute approximate surface area is 150 Å².